The molecule has 0 aliphatic rings. The number of aryl methyl sites for hydroxylation is 2. The molecule has 0 fully saturated rings. The molecule has 3 aromatic rings. The first-order valence-electron chi connectivity index (χ1n) is 10.0. The molecular formula is C24H26N2O5. The van der Waals surface area contributed by atoms with Crippen LogP contribution in [-0.2, 0) is 11.8 Å². The summed E-state index contributed by atoms with van der Waals surface area (Å²) in [6, 6.07) is 10.9. The van der Waals surface area contributed by atoms with Gasteiger partial charge in [0.15, 0.2) is 12.4 Å². The third kappa shape index (κ3) is 4.60. The minimum atomic E-state index is -0.649. The molecule has 2 heterocycles. The van der Waals surface area contributed by atoms with Crippen LogP contribution in [0.1, 0.15) is 56.4 Å². The highest BCUT2D eigenvalue weighted by Crippen LogP contribution is 2.23. The van der Waals surface area contributed by atoms with Gasteiger partial charge in [0.2, 0.25) is 5.78 Å². The van der Waals surface area contributed by atoms with Crippen LogP contribution in [0.4, 0.5) is 0 Å². The van der Waals surface area contributed by atoms with Crippen molar-refractivity contribution in [3.8, 4) is 11.4 Å². The van der Waals surface area contributed by atoms with Crippen molar-refractivity contribution in [1.82, 2.24) is 9.13 Å². The molecule has 0 bridgehead atoms. The van der Waals surface area contributed by atoms with Crippen molar-refractivity contribution in [2.24, 2.45) is 7.05 Å². The first kappa shape index (κ1) is 22.1. The monoisotopic (exact) mass is 422 g/mol. The molecule has 3 rings (SSSR count). The predicted octanol–water partition coefficient (Wildman–Crippen LogP) is 4.07. The lowest BCUT2D eigenvalue weighted by molar-refractivity contribution is 0.0465. The van der Waals surface area contributed by atoms with Gasteiger partial charge in [-0.2, -0.15) is 0 Å². The van der Waals surface area contributed by atoms with Crippen molar-refractivity contribution >= 4 is 17.5 Å². The predicted molar refractivity (Wildman–Crippen MR) is 116 cm³/mol. The molecule has 0 atom stereocenters. The third-order valence-corrected chi connectivity index (χ3v) is 5.09. The summed E-state index contributed by atoms with van der Waals surface area (Å²) in [7, 11) is 1.65. The zero-order valence-corrected chi connectivity index (χ0v) is 18.4. The largest absolute Gasteiger partial charge is 0.494 e. The van der Waals surface area contributed by atoms with Gasteiger partial charge in [-0.1, -0.05) is 0 Å². The van der Waals surface area contributed by atoms with E-state index in [1.165, 1.54) is 17.6 Å². The molecule has 0 aliphatic heterocycles. The van der Waals surface area contributed by atoms with Crippen molar-refractivity contribution in [1.29, 1.82) is 0 Å². The van der Waals surface area contributed by atoms with E-state index in [9.17, 15) is 14.4 Å². The Morgan fingerprint density at radius 1 is 1.03 bits per heavy atom. The van der Waals surface area contributed by atoms with E-state index in [4.69, 9.17) is 9.47 Å². The highest BCUT2D eigenvalue weighted by Gasteiger charge is 2.20. The molecule has 7 nitrogen and oxygen atoms in total. The number of carbonyl (C=O) groups excluding carboxylic acids is 3. The van der Waals surface area contributed by atoms with Crippen LogP contribution in [0, 0.1) is 13.8 Å². The van der Waals surface area contributed by atoms with Gasteiger partial charge in [0, 0.05) is 41.4 Å². The lowest BCUT2D eigenvalue weighted by atomic mass is 10.1. The fourth-order valence-corrected chi connectivity index (χ4v) is 3.54. The van der Waals surface area contributed by atoms with E-state index in [1.807, 2.05) is 49.6 Å². The second kappa shape index (κ2) is 9.04. The zero-order valence-electron chi connectivity index (χ0n) is 18.4. The number of hydrogen-bond acceptors (Lipinski definition) is 5. The molecule has 0 radical (unpaired) electrons. The average molecular weight is 422 g/mol. The van der Waals surface area contributed by atoms with E-state index in [-0.39, 0.29) is 23.9 Å². The Bertz CT molecular complexity index is 1140. The maximum atomic E-state index is 12.8. The Morgan fingerprint density at radius 3 is 2.29 bits per heavy atom. The van der Waals surface area contributed by atoms with E-state index < -0.39 is 5.97 Å². The topological polar surface area (TPSA) is 79.5 Å². The fourth-order valence-electron chi connectivity index (χ4n) is 3.54. The molecule has 0 saturated carbocycles. The van der Waals surface area contributed by atoms with Crippen LogP contribution in [0.15, 0.2) is 42.6 Å². The quantitative estimate of drug-likeness (QED) is 0.404. The maximum absolute atomic E-state index is 12.8. The normalized spacial score (nSPS) is 10.7. The number of benzene rings is 1. The van der Waals surface area contributed by atoms with E-state index in [0.29, 0.717) is 17.7 Å². The summed E-state index contributed by atoms with van der Waals surface area (Å²) >= 11 is 0. The second-order valence-electron chi connectivity index (χ2n) is 7.33. The van der Waals surface area contributed by atoms with Gasteiger partial charge in [-0.05, 0) is 64.1 Å². The molecule has 0 unspecified atom stereocenters. The molecule has 0 amide bonds. The summed E-state index contributed by atoms with van der Waals surface area (Å²) in [5.41, 5.74) is 3.70. The number of ether oxygens (including phenoxy) is 2. The van der Waals surface area contributed by atoms with Gasteiger partial charge in [0.05, 0.1) is 6.61 Å². The number of esters is 1. The number of carbonyl (C=O) groups is 3. The zero-order chi connectivity index (χ0) is 22.7. The SMILES string of the molecule is CCOc1ccc(-n2c(C)cc(C(=O)COC(=O)c3cc(C(C)=O)cn3C)c2C)cc1. The van der Waals surface area contributed by atoms with Crippen LogP contribution >= 0.6 is 0 Å². The molecule has 0 aliphatic carbocycles. The summed E-state index contributed by atoms with van der Waals surface area (Å²) in [5, 5.41) is 0. The first-order valence-corrected chi connectivity index (χ1v) is 10.0. The fraction of sp³-hybridized carbons (Fsp3) is 0.292. The number of nitrogens with zero attached hydrogens (tertiary/aromatic N) is 2. The van der Waals surface area contributed by atoms with Crippen molar-refractivity contribution in [2.75, 3.05) is 13.2 Å². The van der Waals surface area contributed by atoms with Crippen molar-refractivity contribution in [3.05, 3.63) is 70.8 Å². The standard InChI is InChI=1S/C24H26N2O5/c1-6-30-20-9-7-19(8-10-20)26-15(2)11-21(16(26)3)23(28)14-31-24(29)22-12-18(17(4)27)13-25(22)5/h7-13H,6,14H2,1-5H3. The summed E-state index contributed by atoms with van der Waals surface area (Å²) in [4.78, 5) is 36.6. The van der Waals surface area contributed by atoms with Crippen molar-refractivity contribution in [3.63, 3.8) is 0 Å². The number of hydrogen-bond donors (Lipinski definition) is 0. The molecule has 2 aromatic heterocycles. The van der Waals surface area contributed by atoms with Crippen molar-refractivity contribution in [2.45, 2.75) is 27.7 Å². The molecule has 7 heteroatoms. The van der Waals surface area contributed by atoms with E-state index in [2.05, 4.69) is 0 Å². The van der Waals surface area contributed by atoms with Gasteiger partial charge in [-0.15, -0.1) is 0 Å². The van der Waals surface area contributed by atoms with E-state index in [1.54, 1.807) is 19.3 Å². The van der Waals surface area contributed by atoms with Gasteiger partial charge in [-0.25, -0.2) is 4.79 Å². The van der Waals surface area contributed by atoms with Crippen LogP contribution in [0.3, 0.4) is 0 Å². The highest BCUT2D eigenvalue weighted by molar-refractivity contribution is 6.01. The Labute approximate surface area is 181 Å². The van der Waals surface area contributed by atoms with Crippen LogP contribution in [-0.4, -0.2) is 39.9 Å². The van der Waals surface area contributed by atoms with Gasteiger partial charge < -0.3 is 18.6 Å². The van der Waals surface area contributed by atoms with Crippen LogP contribution in [0.2, 0.25) is 0 Å². The summed E-state index contributed by atoms with van der Waals surface area (Å²) in [6.45, 7) is 7.34. The van der Waals surface area contributed by atoms with Gasteiger partial charge in [0.25, 0.3) is 0 Å². The van der Waals surface area contributed by atoms with Gasteiger partial charge in [-0.3, -0.25) is 9.59 Å². The molecule has 0 N–H and O–H groups in total. The minimum absolute atomic E-state index is 0.146. The highest BCUT2D eigenvalue weighted by atomic mass is 16.5. The molecular weight excluding hydrogens is 396 g/mol. The Morgan fingerprint density at radius 2 is 1.71 bits per heavy atom. The molecule has 1 aromatic carbocycles. The molecule has 0 spiro atoms. The lowest BCUT2D eigenvalue weighted by Gasteiger charge is -2.11. The van der Waals surface area contributed by atoms with Gasteiger partial charge in [0.1, 0.15) is 11.4 Å². The van der Waals surface area contributed by atoms with Crippen LogP contribution < -0.4 is 4.74 Å². The number of aromatic nitrogens is 2. The number of Topliss-reactive ketones (excluding diaryl/α,β-unsaturated/α-hetero) is 2. The summed E-state index contributed by atoms with van der Waals surface area (Å²) in [5.74, 6) is -0.304. The van der Waals surface area contributed by atoms with Crippen LogP contribution in [0.5, 0.6) is 5.75 Å². The lowest BCUT2D eigenvalue weighted by Crippen LogP contribution is -2.16. The van der Waals surface area contributed by atoms with Crippen molar-refractivity contribution < 1.29 is 23.9 Å². The second-order valence-corrected chi connectivity index (χ2v) is 7.33. The molecule has 0 saturated heterocycles. The van der Waals surface area contributed by atoms with Gasteiger partial charge >= 0.3 is 5.97 Å². The van der Waals surface area contributed by atoms with E-state index in [0.717, 1.165) is 22.8 Å². The summed E-state index contributed by atoms with van der Waals surface area (Å²) in [6.07, 6.45) is 1.56. The molecule has 31 heavy (non-hydrogen) atoms. The maximum Gasteiger partial charge on any atom is 0.355 e. The van der Waals surface area contributed by atoms with E-state index >= 15 is 0 Å². The third-order valence-electron chi connectivity index (χ3n) is 5.09. The number of rotatable bonds is 8. The molecule has 162 valence electrons. The average Bonchev–Trinajstić information content (AvgIpc) is 3.26. The first-order chi connectivity index (χ1) is 14.7. The summed E-state index contributed by atoms with van der Waals surface area (Å²) < 4.78 is 14.2. The number of ketones is 2. The Hall–Kier alpha value is -3.61. The van der Waals surface area contributed by atoms with Crippen LogP contribution in [0.25, 0.3) is 5.69 Å². The Balaban J connectivity index is 1.75. The minimum Gasteiger partial charge on any atom is -0.494 e. The Kier molecular flexibility index (Phi) is 6.44. The smallest absolute Gasteiger partial charge is 0.355 e.